The number of anilines is 1. The molecular formula is C16H15NO3S. The van der Waals surface area contributed by atoms with Crippen LogP contribution < -0.4 is 5.32 Å². The van der Waals surface area contributed by atoms with Crippen molar-refractivity contribution in [2.75, 3.05) is 5.32 Å². The molecule has 0 aliphatic carbocycles. The van der Waals surface area contributed by atoms with E-state index in [1.54, 1.807) is 36.4 Å². The third-order valence-corrected chi connectivity index (χ3v) is 5.40. The molecule has 2 aromatic rings. The molecule has 0 atom stereocenters. The van der Waals surface area contributed by atoms with Gasteiger partial charge in [-0.25, -0.2) is 8.42 Å². The molecule has 0 bridgehead atoms. The monoisotopic (exact) mass is 301 g/mol. The molecule has 0 radical (unpaired) electrons. The third kappa shape index (κ3) is 2.14. The molecule has 0 spiro atoms. The minimum atomic E-state index is -3.44. The van der Waals surface area contributed by atoms with E-state index in [1.807, 2.05) is 19.9 Å². The fourth-order valence-corrected chi connectivity index (χ4v) is 4.05. The lowest BCUT2D eigenvalue weighted by molar-refractivity contribution is -0.118. The van der Waals surface area contributed by atoms with Crippen LogP contribution in [0.3, 0.4) is 0 Å². The molecule has 1 aliphatic rings. The highest BCUT2D eigenvalue weighted by Crippen LogP contribution is 2.43. The molecule has 0 aromatic heterocycles. The number of amides is 1. The van der Waals surface area contributed by atoms with Gasteiger partial charge < -0.3 is 5.32 Å². The Morgan fingerprint density at radius 2 is 1.67 bits per heavy atom. The molecule has 108 valence electrons. The van der Waals surface area contributed by atoms with E-state index in [4.69, 9.17) is 0 Å². The lowest BCUT2D eigenvalue weighted by Gasteiger charge is -2.09. The van der Waals surface area contributed by atoms with Crippen LogP contribution >= 0.6 is 0 Å². The van der Waals surface area contributed by atoms with Crippen molar-refractivity contribution in [3.63, 3.8) is 0 Å². The summed E-state index contributed by atoms with van der Waals surface area (Å²) in [5.41, 5.74) is 1.94. The van der Waals surface area contributed by atoms with Gasteiger partial charge >= 0.3 is 0 Å². The third-order valence-electron chi connectivity index (χ3n) is 3.53. The van der Waals surface area contributed by atoms with Crippen LogP contribution in [0.15, 0.2) is 52.3 Å². The molecule has 5 heteroatoms. The lowest BCUT2D eigenvalue weighted by Crippen LogP contribution is -2.17. The summed E-state index contributed by atoms with van der Waals surface area (Å²) in [7, 11) is -3.44. The molecule has 0 saturated carbocycles. The maximum Gasteiger partial charge on any atom is 0.226 e. The Kier molecular flexibility index (Phi) is 3.10. The molecule has 0 fully saturated rings. The van der Waals surface area contributed by atoms with Crippen molar-refractivity contribution >= 4 is 21.4 Å². The quantitative estimate of drug-likeness (QED) is 0.791. The second-order valence-corrected chi connectivity index (χ2v) is 7.24. The van der Waals surface area contributed by atoms with Crippen molar-refractivity contribution < 1.29 is 13.2 Å². The summed E-state index contributed by atoms with van der Waals surface area (Å²) < 4.78 is 24.9. The minimum Gasteiger partial charge on any atom is -0.326 e. The predicted octanol–water partition coefficient (Wildman–Crippen LogP) is 3.09. The zero-order chi connectivity index (χ0) is 15.2. The Morgan fingerprint density at radius 3 is 2.38 bits per heavy atom. The van der Waals surface area contributed by atoms with Gasteiger partial charge in [0.15, 0.2) is 0 Å². The molecule has 1 aliphatic heterocycles. The van der Waals surface area contributed by atoms with E-state index in [0.29, 0.717) is 26.6 Å². The molecule has 1 N–H and O–H groups in total. The van der Waals surface area contributed by atoms with Crippen molar-refractivity contribution in [1.29, 1.82) is 0 Å². The maximum atomic E-state index is 12.4. The first-order chi connectivity index (χ1) is 9.91. The van der Waals surface area contributed by atoms with E-state index in [2.05, 4.69) is 5.32 Å². The van der Waals surface area contributed by atoms with E-state index in [1.165, 1.54) is 0 Å². The van der Waals surface area contributed by atoms with Crippen molar-refractivity contribution in [2.45, 2.75) is 23.6 Å². The van der Waals surface area contributed by atoms with Gasteiger partial charge in [0, 0.05) is 22.7 Å². The van der Waals surface area contributed by atoms with E-state index in [9.17, 15) is 13.2 Å². The molecule has 3 rings (SSSR count). The van der Waals surface area contributed by atoms with E-state index < -0.39 is 9.84 Å². The Morgan fingerprint density at radius 1 is 1.00 bits per heavy atom. The first-order valence-electron chi connectivity index (χ1n) is 6.70. The van der Waals surface area contributed by atoms with Crippen molar-refractivity contribution in [3.8, 4) is 11.1 Å². The summed E-state index contributed by atoms with van der Waals surface area (Å²) in [6.07, 6.45) is 0. The Hall–Kier alpha value is -2.14. The van der Waals surface area contributed by atoms with Crippen molar-refractivity contribution in [3.05, 3.63) is 42.5 Å². The molecule has 1 amide bonds. The largest absolute Gasteiger partial charge is 0.326 e. The number of hydrogen-bond acceptors (Lipinski definition) is 3. The number of rotatable bonds is 2. The van der Waals surface area contributed by atoms with Gasteiger partial charge in [-0.05, 0) is 24.3 Å². The summed E-state index contributed by atoms with van der Waals surface area (Å²) >= 11 is 0. The van der Waals surface area contributed by atoms with Gasteiger partial charge in [0.25, 0.3) is 0 Å². The van der Waals surface area contributed by atoms with E-state index in [-0.39, 0.29) is 11.8 Å². The molecule has 2 aromatic carbocycles. The summed E-state index contributed by atoms with van der Waals surface area (Å²) in [6.45, 7) is 3.62. The Bertz CT molecular complexity index is 838. The highest BCUT2D eigenvalue weighted by molar-refractivity contribution is 7.92. The number of carbonyl (C=O) groups is 1. The highest BCUT2D eigenvalue weighted by Gasteiger charge is 2.32. The predicted molar refractivity (Wildman–Crippen MR) is 80.8 cm³/mol. The van der Waals surface area contributed by atoms with Crippen LogP contribution in [0.5, 0.6) is 0 Å². The number of sulfone groups is 1. The fraction of sp³-hybridized carbons (Fsp3) is 0.188. The smallest absolute Gasteiger partial charge is 0.226 e. The van der Waals surface area contributed by atoms with Crippen LogP contribution in [0.25, 0.3) is 11.1 Å². The SMILES string of the molecule is CC(C)C(=O)Nc1ccc2c(c1)-c1ccccc1S2(=O)=O. The number of benzene rings is 2. The second kappa shape index (κ2) is 4.70. The zero-order valence-corrected chi connectivity index (χ0v) is 12.6. The Labute approximate surface area is 123 Å². The van der Waals surface area contributed by atoms with E-state index in [0.717, 1.165) is 0 Å². The van der Waals surface area contributed by atoms with Crippen LogP contribution in [-0.4, -0.2) is 14.3 Å². The van der Waals surface area contributed by atoms with Gasteiger partial charge in [-0.15, -0.1) is 0 Å². The van der Waals surface area contributed by atoms with Gasteiger partial charge in [0.2, 0.25) is 15.7 Å². The molecular weight excluding hydrogens is 286 g/mol. The number of carbonyl (C=O) groups excluding carboxylic acids is 1. The molecule has 0 saturated heterocycles. The molecule has 21 heavy (non-hydrogen) atoms. The van der Waals surface area contributed by atoms with Crippen molar-refractivity contribution in [2.24, 2.45) is 5.92 Å². The van der Waals surface area contributed by atoms with Gasteiger partial charge in [-0.1, -0.05) is 32.0 Å². The fourth-order valence-electron chi connectivity index (χ4n) is 2.38. The van der Waals surface area contributed by atoms with Gasteiger partial charge in [0.05, 0.1) is 9.79 Å². The second-order valence-electron chi connectivity index (χ2n) is 5.35. The van der Waals surface area contributed by atoms with Crippen LogP contribution in [0, 0.1) is 5.92 Å². The van der Waals surface area contributed by atoms with Gasteiger partial charge in [-0.2, -0.15) is 0 Å². The standard InChI is InChI=1S/C16H15NO3S/c1-10(2)16(18)17-11-7-8-15-13(9-11)12-5-3-4-6-14(12)21(15,19)20/h3-10H,1-2H3,(H,17,18). The first-order valence-corrected chi connectivity index (χ1v) is 8.19. The zero-order valence-electron chi connectivity index (χ0n) is 11.8. The molecule has 4 nitrogen and oxygen atoms in total. The number of hydrogen-bond donors (Lipinski definition) is 1. The average Bonchev–Trinajstić information content (AvgIpc) is 2.68. The normalized spacial score (nSPS) is 14.6. The molecule has 1 heterocycles. The summed E-state index contributed by atoms with van der Waals surface area (Å²) in [4.78, 5) is 12.4. The van der Waals surface area contributed by atoms with Crippen LogP contribution in [0.2, 0.25) is 0 Å². The van der Waals surface area contributed by atoms with Gasteiger partial charge in [-0.3, -0.25) is 4.79 Å². The first kappa shape index (κ1) is 13.8. The highest BCUT2D eigenvalue weighted by atomic mass is 32.2. The Balaban J connectivity index is 2.12. The van der Waals surface area contributed by atoms with Crippen LogP contribution in [0.4, 0.5) is 5.69 Å². The van der Waals surface area contributed by atoms with Crippen LogP contribution in [0.1, 0.15) is 13.8 Å². The summed E-state index contributed by atoms with van der Waals surface area (Å²) in [6, 6.07) is 11.8. The topological polar surface area (TPSA) is 63.2 Å². The lowest BCUT2D eigenvalue weighted by atomic mass is 10.1. The van der Waals surface area contributed by atoms with Crippen molar-refractivity contribution in [1.82, 2.24) is 0 Å². The summed E-state index contributed by atoms with van der Waals surface area (Å²) in [5, 5.41) is 2.80. The summed E-state index contributed by atoms with van der Waals surface area (Å²) in [5.74, 6) is -0.224. The van der Waals surface area contributed by atoms with Gasteiger partial charge in [0.1, 0.15) is 0 Å². The average molecular weight is 301 g/mol. The number of nitrogens with one attached hydrogen (secondary N) is 1. The van der Waals surface area contributed by atoms with E-state index >= 15 is 0 Å². The molecule has 0 unspecified atom stereocenters. The maximum absolute atomic E-state index is 12.4. The number of fused-ring (bicyclic) bond motifs is 3. The van der Waals surface area contributed by atoms with Crippen LogP contribution in [-0.2, 0) is 14.6 Å². The minimum absolute atomic E-state index is 0.0934.